The molecule has 0 radical (unpaired) electrons. The van der Waals surface area contributed by atoms with E-state index in [1.165, 1.54) is 0 Å². The minimum atomic E-state index is -0.639. The summed E-state index contributed by atoms with van der Waals surface area (Å²) in [5.41, 5.74) is 0. The second-order valence-corrected chi connectivity index (χ2v) is 5.33. The summed E-state index contributed by atoms with van der Waals surface area (Å²) in [5.74, 6) is 0. The molecule has 7 atom stereocenters. The Balaban J connectivity index is 1.88. The van der Waals surface area contributed by atoms with Crippen LogP contribution in [0.4, 0.5) is 0 Å². The van der Waals surface area contributed by atoms with E-state index in [0.717, 1.165) is 0 Å². The Bertz CT molecular complexity index is 274. The summed E-state index contributed by atoms with van der Waals surface area (Å²) in [7, 11) is 1.55. The summed E-state index contributed by atoms with van der Waals surface area (Å²) >= 11 is 0. The lowest BCUT2D eigenvalue weighted by atomic mass is 10.0. The van der Waals surface area contributed by atoms with Gasteiger partial charge in [-0.15, -0.1) is 0 Å². The van der Waals surface area contributed by atoms with E-state index in [1.54, 1.807) is 7.11 Å². The molecule has 0 aromatic heterocycles. The van der Waals surface area contributed by atoms with E-state index in [-0.39, 0.29) is 12.2 Å². The third-order valence-electron chi connectivity index (χ3n) is 3.82. The van der Waals surface area contributed by atoms with Gasteiger partial charge in [-0.25, -0.2) is 0 Å². The third-order valence-corrected chi connectivity index (χ3v) is 3.82. The summed E-state index contributed by atoms with van der Waals surface area (Å²) in [6.07, 6.45) is -1.17. The van der Waals surface area contributed by atoms with Crippen molar-refractivity contribution in [2.75, 3.05) is 7.11 Å². The second-order valence-electron chi connectivity index (χ2n) is 5.33. The monoisotopic (exact) mass is 276 g/mol. The lowest BCUT2D eigenvalue weighted by Gasteiger charge is -2.40. The number of aliphatic hydroxyl groups is 2. The lowest BCUT2D eigenvalue weighted by Crippen LogP contribution is -2.51. The maximum absolute atomic E-state index is 10.1. The van der Waals surface area contributed by atoms with Gasteiger partial charge in [0, 0.05) is 20.0 Å². The largest absolute Gasteiger partial charge is 0.390 e. The van der Waals surface area contributed by atoms with Gasteiger partial charge in [0.2, 0.25) is 0 Å². The van der Waals surface area contributed by atoms with Gasteiger partial charge in [0.15, 0.2) is 12.6 Å². The van der Waals surface area contributed by atoms with E-state index in [0.29, 0.717) is 19.3 Å². The van der Waals surface area contributed by atoms with Crippen molar-refractivity contribution in [1.82, 2.24) is 0 Å². The van der Waals surface area contributed by atoms with Crippen molar-refractivity contribution in [2.24, 2.45) is 0 Å². The van der Waals surface area contributed by atoms with Gasteiger partial charge in [0.05, 0.1) is 24.4 Å². The molecule has 0 spiro atoms. The van der Waals surface area contributed by atoms with E-state index < -0.39 is 30.9 Å². The molecule has 6 heteroatoms. The predicted octanol–water partition coefficient (Wildman–Crippen LogP) is 0.400. The molecular formula is C13H24O6. The summed E-state index contributed by atoms with van der Waals surface area (Å²) in [4.78, 5) is 0. The molecule has 6 nitrogen and oxygen atoms in total. The summed E-state index contributed by atoms with van der Waals surface area (Å²) in [6.45, 7) is 3.67. The van der Waals surface area contributed by atoms with Gasteiger partial charge >= 0.3 is 0 Å². The van der Waals surface area contributed by atoms with Gasteiger partial charge in [-0.05, 0) is 20.3 Å². The van der Waals surface area contributed by atoms with Crippen LogP contribution in [0, 0.1) is 0 Å². The minimum absolute atomic E-state index is 0.248. The standard InChI is InChI=1S/C13H24O6/c1-7-9(14)4-5-11(17-7)19-13-8(2)18-12(16-3)6-10(13)15/h7-15H,4-6H2,1-3H3/t7-,8+,9-,10+,11-,12-,13+/m0/s1. The van der Waals surface area contributed by atoms with E-state index in [2.05, 4.69) is 0 Å². The normalized spacial score (nSPS) is 48.2. The van der Waals surface area contributed by atoms with E-state index in [1.807, 2.05) is 13.8 Å². The molecular weight excluding hydrogens is 252 g/mol. The Kier molecular flexibility index (Phi) is 5.16. The van der Waals surface area contributed by atoms with Crippen LogP contribution >= 0.6 is 0 Å². The predicted molar refractivity (Wildman–Crippen MR) is 66.4 cm³/mol. The van der Waals surface area contributed by atoms with Crippen LogP contribution in [0.15, 0.2) is 0 Å². The highest BCUT2D eigenvalue weighted by molar-refractivity contribution is 4.83. The molecule has 0 saturated carbocycles. The molecule has 0 bridgehead atoms. The van der Waals surface area contributed by atoms with Crippen molar-refractivity contribution in [3.8, 4) is 0 Å². The van der Waals surface area contributed by atoms with E-state index >= 15 is 0 Å². The number of aliphatic hydroxyl groups excluding tert-OH is 2. The Morgan fingerprint density at radius 2 is 1.63 bits per heavy atom. The highest BCUT2D eigenvalue weighted by Gasteiger charge is 2.39. The average Bonchev–Trinajstić information content (AvgIpc) is 2.37. The maximum atomic E-state index is 10.1. The van der Waals surface area contributed by atoms with Crippen LogP contribution in [0.2, 0.25) is 0 Å². The molecule has 0 aromatic carbocycles. The van der Waals surface area contributed by atoms with Gasteiger partial charge in [-0.3, -0.25) is 0 Å². The first-order valence-electron chi connectivity index (χ1n) is 6.86. The Morgan fingerprint density at radius 3 is 2.21 bits per heavy atom. The van der Waals surface area contributed by atoms with Gasteiger partial charge in [-0.1, -0.05) is 0 Å². The zero-order valence-electron chi connectivity index (χ0n) is 11.7. The summed E-state index contributed by atoms with van der Waals surface area (Å²) in [5, 5.41) is 19.7. The number of hydrogen-bond donors (Lipinski definition) is 2. The third kappa shape index (κ3) is 3.65. The van der Waals surface area contributed by atoms with Crippen LogP contribution in [0.25, 0.3) is 0 Å². The van der Waals surface area contributed by atoms with Crippen LogP contribution in [0.5, 0.6) is 0 Å². The molecule has 2 rings (SSSR count). The maximum Gasteiger partial charge on any atom is 0.160 e. The summed E-state index contributed by atoms with van der Waals surface area (Å²) in [6, 6.07) is 0. The van der Waals surface area contributed by atoms with Crippen molar-refractivity contribution in [2.45, 2.75) is 76.2 Å². The van der Waals surface area contributed by atoms with E-state index in [9.17, 15) is 10.2 Å². The molecule has 2 fully saturated rings. The van der Waals surface area contributed by atoms with Crippen molar-refractivity contribution >= 4 is 0 Å². The Morgan fingerprint density at radius 1 is 0.947 bits per heavy atom. The first-order valence-corrected chi connectivity index (χ1v) is 6.86. The fourth-order valence-electron chi connectivity index (χ4n) is 2.58. The van der Waals surface area contributed by atoms with Crippen molar-refractivity contribution in [3.05, 3.63) is 0 Å². The molecule has 2 aliphatic rings. The smallest absolute Gasteiger partial charge is 0.160 e. The van der Waals surface area contributed by atoms with E-state index in [4.69, 9.17) is 18.9 Å². The second kappa shape index (κ2) is 6.47. The molecule has 0 unspecified atom stereocenters. The fraction of sp³-hybridized carbons (Fsp3) is 1.00. The molecule has 2 N–H and O–H groups in total. The van der Waals surface area contributed by atoms with Crippen LogP contribution in [0.1, 0.15) is 33.1 Å². The Hall–Kier alpha value is -0.240. The van der Waals surface area contributed by atoms with Crippen LogP contribution in [-0.2, 0) is 18.9 Å². The number of hydrogen-bond acceptors (Lipinski definition) is 6. The van der Waals surface area contributed by atoms with Crippen LogP contribution < -0.4 is 0 Å². The SMILES string of the molecule is CO[C@@H]1C[C@@H](O)[C@H](O[C@H]2CC[C@H](O)[C@H](C)O2)[C@@H](C)O1. The topological polar surface area (TPSA) is 77.4 Å². The van der Waals surface area contributed by atoms with Crippen molar-refractivity contribution in [1.29, 1.82) is 0 Å². The zero-order valence-corrected chi connectivity index (χ0v) is 11.7. The Labute approximate surface area is 113 Å². The molecule has 0 aromatic rings. The number of ether oxygens (including phenoxy) is 4. The number of rotatable bonds is 3. The molecule has 0 aliphatic carbocycles. The van der Waals surface area contributed by atoms with Crippen molar-refractivity contribution in [3.63, 3.8) is 0 Å². The highest BCUT2D eigenvalue weighted by Crippen LogP contribution is 2.28. The van der Waals surface area contributed by atoms with Crippen LogP contribution in [0.3, 0.4) is 0 Å². The van der Waals surface area contributed by atoms with Gasteiger partial charge in [0.25, 0.3) is 0 Å². The molecule has 0 amide bonds. The first-order chi connectivity index (χ1) is 9.01. The molecule has 112 valence electrons. The zero-order chi connectivity index (χ0) is 14.0. The lowest BCUT2D eigenvalue weighted by molar-refractivity contribution is -0.299. The molecule has 2 saturated heterocycles. The van der Waals surface area contributed by atoms with Crippen LogP contribution in [-0.4, -0.2) is 60.4 Å². The highest BCUT2D eigenvalue weighted by atomic mass is 16.7. The minimum Gasteiger partial charge on any atom is -0.390 e. The molecule has 2 heterocycles. The average molecular weight is 276 g/mol. The first kappa shape index (κ1) is 15.2. The van der Waals surface area contributed by atoms with Gasteiger partial charge in [0.1, 0.15) is 6.10 Å². The quantitative estimate of drug-likeness (QED) is 0.777. The van der Waals surface area contributed by atoms with Gasteiger partial charge < -0.3 is 29.2 Å². The number of methoxy groups -OCH3 is 1. The molecule has 2 aliphatic heterocycles. The molecule has 19 heavy (non-hydrogen) atoms. The van der Waals surface area contributed by atoms with Gasteiger partial charge in [-0.2, -0.15) is 0 Å². The summed E-state index contributed by atoms with van der Waals surface area (Å²) < 4.78 is 22.1. The van der Waals surface area contributed by atoms with Crippen molar-refractivity contribution < 1.29 is 29.2 Å². The fourth-order valence-corrected chi connectivity index (χ4v) is 2.58.